The minimum atomic E-state index is -0.295. The number of carbonyl (C=O) groups excluding carboxylic acids is 2. The van der Waals surface area contributed by atoms with Gasteiger partial charge in [-0.15, -0.1) is 0 Å². The van der Waals surface area contributed by atoms with Crippen LogP contribution in [0.2, 0.25) is 0 Å². The van der Waals surface area contributed by atoms with E-state index in [4.69, 9.17) is 4.74 Å². The van der Waals surface area contributed by atoms with Crippen molar-refractivity contribution in [3.05, 3.63) is 59.9 Å². The Morgan fingerprint density at radius 2 is 2.04 bits per heavy atom. The molecule has 0 bridgehead atoms. The molecule has 1 aromatic heterocycles. The van der Waals surface area contributed by atoms with Crippen LogP contribution in [0.1, 0.15) is 17.7 Å². The monoisotopic (exact) mass is 382 g/mol. The van der Waals surface area contributed by atoms with Gasteiger partial charge in [0.25, 0.3) is 0 Å². The number of benzene rings is 1. The number of ether oxygens (including phenoxy) is 1. The fraction of sp³-hybridized carbons (Fsp3) is 0.381. The highest BCUT2D eigenvalue weighted by molar-refractivity contribution is 5.91. The average Bonchev–Trinajstić information content (AvgIpc) is 3.05. The van der Waals surface area contributed by atoms with Gasteiger partial charge in [0.15, 0.2) is 0 Å². The summed E-state index contributed by atoms with van der Waals surface area (Å²) in [5, 5.41) is 5.82. The maximum atomic E-state index is 12.4. The van der Waals surface area contributed by atoms with Crippen LogP contribution >= 0.6 is 0 Å². The minimum absolute atomic E-state index is 0.0399. The number of urea groups is 1. The second-order valence-corrected chi connectivity index (χ2v) is 6.81. The Kier molecular flexibility index (Phi) is 6.97. The lowest BCUT2D eigenvalue weighted by Crippen LogP contribution is -2.40. The summed E-state index contributed by atoms with van der Waals surface area (Å²) in [5.41, 5.74) is 2.84. The molecule has 1 aliphatic rings. The SMILES string of the molecule is COCCN1CC(NC(=O)Nc2ccccc2CCc2ccccn2)CC1=O. The van der Waals surface area contributed by atoms with Gasteiger partial charge in [-0.25, -0.2) is 4.79 Å². The van der Waals surface area contributed by atoms with E-state index in [1.54, 1.807) is 18.2 Å². The summed E-state index contributed by atoms with van der Waals surface area (Å²) in [6, 6.07) is 13.1. The summed E-state index contributed by atoms with van der Waals surface area (Å²) in [6.45, 7) is 1.55. The van der Waals surface area contributed by atoms with Crippen LogP contribution in [-0.2, 0) is 22.4 Å². The van der Waals surface area contributed by atoms with Crippen molar-refractivity contribution in [3.63, 3.8) is 0 Å². The van der Waals surface area contributed by atoms with Crippen LogP contribution in [0.5, 0.6) is 0 Å². The zero-order chi connectivity index (χ0) is 19.8. The number of nitrogens with one attached hydrogen (secondary N) is 2. The number of likely N-dealkylation sites (tertiary alicyclic amines) is 1. The fourth-order valence-electron chi connectivity index (χ4n) is 3.30. The third kappa shape index (κ3) is 5.53. The number of anilines is 1. The highest BCUT2D eigenvalue weighted by Gasteiger charge is 2.30. The summed E-state index contributed by atoms with van der Waals surface area (Å²) in [4.78, 5) is 30.5. The first-order valence-corrected chi connectivity index (χ1v) is 9.47. The number of amides is 3. The average molecular weight is 382 g/mol. The Hall–Kier alpha value is -2.93. The lowest BCUT2D eigenvalue weighted by atomic mass is 10.1. The second-order valence-electron chi connectivity index (χ2n) is 6.81. The zero-order valence-corrected chi connectivity index (χ0v) is 16.1. The molecule has 148 valence electrons. The van der Waals surface area contributed by atoms with Gasteiger partial charge in [0.05, 0.1) is 12.6 Å². The number of aryl methyl sites for hydroxylation is 2. The molecule has 28 heavy (non-hydrogen) atoms. The smallest absolute Gasteiger partial charge is 0.319 e. The van der Waals surface area contributed by atoms with Crippen molar-refractivity contribution >= 4 is 17.6 Å². The van der Waals surface area contributed by atoms with Crippen LogP contribution < -0.4 is 10.6 Å². The highest BCUT2D eigenvalue weighted by atomic mass is 16.5. The third-order valence-corrected chi connectivity index (χ3v) is 4.76. The zero-order valence-electron chi connectivity index (χ0n) is 16.1. The van der Waals surface area contributed by atoms with Gasteiger partial charge in [-0.3, -0.25) is 9.78 Å². The van der Waals surface area contributed by atoms with Crippen molar-refractivity contribution in [2.75, 3.05) is 32.1 Å². The maximum Gasteiger partial charge on any atom is 0.319 e. The molecule has 1 fully saturated rings. The molecule has 2 heterocycles. The van der Waals surface area contributed by atoms with E-state index in [0.717, 1.165) is 29.8 Å². The molecule has 2 N–H and O–H groups in total. The summed E-state index contributed by atoms with van der Waals surface area (Å²) < 4.78 is 5.02. The third-order valence-electron chi connectivity index (χ3n) is 4.76. The van der Waals surface area contributed by atoms with Gasteiger partial charge in [-0.2, -0.15) is 0 Å². The Balaban J connectivity index is 1.54. The molecule has 1 atom stereocenters. The van der Waals surface area contributed by atoms with Gasteiger partial charge in [-0.1, -0.05) is 24.3 Å². The number of nitrogens with zero attached hydrogens (tertiary/aromatic N) is 2. The van der Waals surface area contributed by atoms with Crippen LogP contribution in [0.3, 0.4) is 0 Å². The Bertz CT molecular complexity index is 797. The first-order valence-electron chi connectivity index (χ1n) is 9.47. The summed E-state index contributed by atoms with van der Waals surface area (Å²) in [6.07, 6.45) is 3.68. The highest BCUT2D eigenvalue weighted by Crippen LogP contribution is 2.18. The first-order chi connectivity index (χ1) is 13.7. The first kappa shape index (κ1) is 19.8. The predicted molar refractivity (Wildman–Crippen MR) is 107 cm³/mol. The van der Waals surface area contributed by atoms with E-state index in [9.17, 15) is 9.59 Å². The molecule has 1 saturated heterocycles. The topological polar surface area (TPSA) is 83.6 Å². The number of carbonyl (C=O) groups is 2. The summed E-state index contributed by atoms with van der Waals surface area (Å²) in [5.74, 6) is 0.0399. The van der Waals surface area contributed by atoms with E-state index in [2.05, 4.69) is 15.6 Å². The molecule has 3 rings (SSSR count). The molecule has 2 aromatic rings. The number of para-hydroxylation sites is 1. The molecular weight excluding hydrogens is 356 g/mol. The van der Waals surface area contributed by atoms with Gasteiger partial charge < -0.3 is 20.3 Å². The van der Waals surface area contributed by atoms with Gasteiger partial charge >= 0.3 is 6.03 Å². The van der Waals surface area contributed by atoms with Crippen LogP contribution in [0, 0.1) is 0 Å². The Morgan fingerprint density at radius 1 is 1.21 bits per heavy atom. The van der Waals surface area contributed by atoms with Crippen molar-refractivity contribution in [2.24, 2.45) is 0 Å². The van der Waals surface area contributed by atoms with Gasteiger partial charge in [0, 0.05) is 44.2 Å². The van der Waals surface area contributed by atoms with Crippen molar-refractivity contribution < 1.29 is 14.3 Å². The van der Waals surface area contributed by atoms with Crippen LogP contribution in [-0.4, -0.2) is 54.7 Å². The molecule has 7 nitrogen and oxygen atoms in total. The molecule has 1 unspecified atom stereocenters. The second kappa shape index (κ2) is 9.85. The van der Waals surface area contributed by atoms with Gasteiger partial charge in [-0.05, 0) is 36.6 Å². The van der Waals surface area contributed by atoms with E-state index >= 15 is 0 Å². The molecule has 0 saturated carbocycles. The van der Waals surface area contributed by atoms with Crippen molar-refractivity contribution in [1.82, 2.24) is 15.2 Å². The molecule has 1 aromatic carbocycles. The minimum Gasteiger partial charge on any atom is -0.383 e. The Morgan fingerprint density at radius 3 is 2.82 bits per heavy atom. The normalized spacial score (nSPS) is 16.2. The lowest BCUT2D eigenvalue weighted by Gasteiger charge is -2.17. The molecule has 0 radical (unpaired) electrons. The van der Waals surface area contributed by atoms with Crippen LogP contribution in [0.25, 0.3) is 0 Å². The number of aromatic nitrogens is 1. The fourth-order valence-corrected chi connectivity index (χ4v) is 3.30. The standard InChI is InChI=1S/C21H26N4O3/c1-28-13-12-25-15-18(14-20(25)26)23-21(27)24-19-8-3-2-6-16(19)9-10-17-7-4-5-11-22-17/h2-8,11,18H,9-10,12-15H2,1H3,(H2,23,24,27). The largest absolute Gasteiger partial charge is 0.383 e. The van der Waals surface area contributed by atoms with Crippen molar-refractivity contribution in [2.45, 2.75) is 25.3 Å². The maximum absolute atomic E-state index is 12.4. The van der Waals surface area contributed by atoms with E-state index in [0.29, 0.717) is 26.1 Å². The van der Waals surface area contributed by atoms with Crippen molar-refractivity contribution in [3.8, 4) is 0 Å². The van der Waals surface area contributed by atoms with Gasteiger partial charge in [0.2, 0.25) is 5.91 Å². The summed E-state index contributed by atoms with van der Waals surface area (Å²) in [7, 11) is 1.61. The molecule has 7 heteroatoms. The number of hydrogen-bond acceptors (Lipinski definition) is 4. The van der Waals surface area contributed by atoms with E-state index in [1.807, 2.05) is 42.5 Å². The van der Waals surface area contributed by atoms with Crippen LogP contribution in [0.15, 0.2) is 48.7 Å². The van der Waals surface area contributed by atoms with E-state index < -0.39 is 0 Å². The predicted octanol–water partition coefficient (Wildman–Crippen LogP) is 2.24. The molecule has 1 aliphatic heterocycles. The molecule has 0 spiro atoms. The van der Waals surface area contributed by atoms with Crippen LogP contribution in [0.4, 0.5) is 10.5 Å². The molecule has 3 amide bonds. The van der Waals surface area contributed by atoms with E-state index in [-0.39, 0.29) is 18.0 Å². The lowest BCUT2D eigenvalue weighted by molar-refractivity contribution is -0.128. The number of rotatable bonds is 8. The quantitative estimate of drug-likeness (QED) is 0.733. The molecular formula is C21H26N4O3. The number of hydrogen-bond donors (Lipinski definition) is 2. The molecule has 0 aliphatic carbocycles. The number of pyridine rings is 1. The van der Waals surface area contributed by atoms with Gasteiger partial charge in [0.1, 0.15) is 0 Å². The van der Waals surface area contributed by atoms with Crippen molar-refractivity contribution in [1.29, 1.82) is 0 Å². The van der Waals surface area contributed by atoms with E-state index in [1.165, 1.54) is 0 Å². The Labute approximate surface area is 165 Å². The summed E-state index contributed by atoms with van der Waals surface area (Å²) >= 11 is 0. The number of methoxy groups -OCH3 is 1.